The van der Waals surface area contributed by atoms with Crippen molar-refractivity contribution in [3.8, 4) is 5.69 Å². The summed E-state index contributed by atoms with van der Waals surface area (Å²) in [5.41, 5.74) is -0.960. The van der Waals surface area contributed by atoms with Crippen LogP contribution in [0.3, 0.4) is 0 Å². The van der Waals surface area contributed by atoms with Crippen LogP contribution in [0.4, 0.5) is 18.9 Å². The van der Waals surface area contributed by atoms with Crippen molar-refractivity contribution < 1.29 is 31.5 Å². The summed E-state index contributed by atoms with van der Waals surface area (Å²) in [6.07, 6.45) is -1.86. The zero-order chi connectivity index (χ0) is 22.3. The lowest BCUT2D eigenvalue weighted by molar-refractivity contribution is -0.137. The summed E-state index contributed by atoms with van der Waals surface area (Å²) in [5.74, 6) is -1.32. The number of rotatable bonds is 5. The second-order valence-electron chi connectivity index (χ2n) is 6.52. The summed E-state index contributed by atoms with van der Waals surface area (Å²) in [5, 5.41) is 13.2. The Labute approximate surface area is 169 Å². The van der Waals surface area contributed by atoms with Gasteiger partial charge in [0.2, 0.25) is 0 Å². The molecule has 0 aliphatic rings. The highest BCUT2D eigenvalue weighted by Crippen LogP contribution is 2.34. The van der Waals surface area contributed by atoms with E-state index in [1.165, 1.54) is 43.1 Å². The van der Waals surface area contributed by atoms with E-state index in [-0.39, 0.29) is 27.4 Å². The molecule has 1 heterocycles. The van der Waals surface area contributed by atoms with E-state index >= 15 is 0 Å². The third kappa shape index (κ3) is 4.15. The van der Waals surface area contributed by atoms with Gasteiger partial charge in [-0.05, 0) is 55.3 Å². The molecule has 0 aliphatic heterocycles. The van der Waals surface area contributed by atoms with E-state index in [4.69, 9.17) is 0 Å². The Kier molecular flexibility index (Phi) is 5.33. The Balaban J connectivity index is 2.15. The molecule has 158 valence electrons. The van der Waals surface area contributed by atoms with Gasteiger partial charge < -0.3 is 5.11 Å². The zero-order valence-electron chi connectivity index (χ0n) is 15.7. The fourth-order valence-electron chi connectivity index (χ4n) is 2.96. The lowest BCUT2D eigenvalue weighted by atomic mass is 10.1. The summed E-state index contributed by atoms with van der Waals surface area (Å²) in [7, 11) is -4.41. The number of carboxylic acids is 1. The van der Waals surface area contributed by atoms with Gasteiger partial charge in [-0.15, -0.1) is 0 Å². The van der Waals surface area contributed by atoms with Crippen molar-refractivity contribution in [3.63, 3.8) is 0 Å². The molecule has 11 heteroatoms. The Morgan fingerprint density at radius 2 is 1.83 bits per heavy atom. The number of carbonyl (C=O) groups is 1. The highest BCUT2D eigenvalue weighted by atomic mass is 32.2. The van der Waals surface area contributed by atoms with Crippen LogP contribution >= 0.6 is 0 Å². The largest absolute Gasteiger partial charge is 0.478 e. The van der Waals surface area contributed by atoms with Gasteiger partial charge in [-0.2, -0.15) is 18.3 Å². The molecule has 2 N–H and O–H groups in total. The average Bonchev–Trinajstić information content (AvgIpc) is 3.14. The lowest BCUT2D eigenvalue weighted by Gasteiger charge is -2.17. The minimum Gasteiger partial charge on any atom is -0.478 e. The molecule has 0 unspecified atom stereocenters. The molecular weight excluding hydrogens is 423 g/mol. The van der Waals surface area contributed by atoms with Crippen molar-refractivity contribution in [2.75, 3.05) is 4.72 Å². The molecular formula is C19H16F3N3O4S. The molecule has 0 spiro atoms. The number of sulfonamides is 1. The second kappa shape index (κ2) is 7.48. The molecule has 3 aromatic rings. The maximum absolute atomic E-state index is 13.2. The van der Waals surface area contributed by atoms with E-state index in [0.29, 0.717) is 11.6 Å². The van der Waals surface area contributed by atoms with Gasteiger partial charge >= 0.3 is 12.1 Å². The van der Waals surface area contributed by atoms with Crippen molar-refractivity contribution in [1.82, 2.24) is 9.78 Å². The van der Waals surface area contributed by atoms with Crippen LogP contribution in [0.25, 0.3) is 5.69 Å². The lowest BCUT2D eigenvalue weighted by Crippen LogP contribution is -2.18. The Morgan fingerprint density at radius 1 is 1.13 bits per heavy atom. The zero-order valence-corrected chi connectivity index (χ0v) is 16.5. The van der Waals surface area contributed by atoms with E-state index in [9.17, 15) is 31.5 Å². The van der Waals surface area contributed by atoms with E-state index in [2.05, 4.69) is 9.82 Å². The van der Waals surface area contributed by atoms with Crippen LogP contribution < -0.4 is 4.72 Å². The van der Waals surface area contributed by atoms with Gasteiger partial charge in [-0.3, -0.25) is 4.72 Å². The number of hydrogen-bond donors (Lipinski definition) is 2. The summed E-state index contributed by atoms with van der Waals surface area (Å²) in [4.78, 5) is 11.0. The van der Waals surface area contributed by atoms with Gasteiger partial charge in [-0.25, -0.2) is 17.9 Å². The van der Waals surface area contributed by atoms with Crippen LogP contribution in [0.2, 0.25) is 0 Å². The van der Waals surface area contributed by atoms with Gasteiger partial charge in [0.25, 0.3) is 10.0 Å². The van der Waals surface area contributed by atoms with Gasteiger partial charge in [0.1, 0.15) is 0 Å². The van der Waals surface area contributed by atoms with E-state index in [1.54, 1.807) is 0 Å². The molecule has 2 aromatic carbocycles. The van der Waals surface area contributed by atoms with Gasteiger partial charge in [0.05, 0.1) is 27.4 Å². The molecule has 0 fully saturated rings. The first-order valence-corrected chi connectivity index (χ1v) is 9.97. The predicted octanol–water partition coefficient (Wildman–Crippen LogP) is 4.01. The standard InChI is InChI=1S/C19H16F3N3O4S/c1-11-8-12(2)17(10-14(11)18(26)27)30(28,29)24-15-9-13(19(20,21)22)4-5-16(15)25-7-3-6-23-25/h3-10,24H,1-2H3,(H,26,27). The molecule has 0 saturated carbocycles. The smallest absolute Gasteiger partial charge is 0.416 e. The molecule has 0 aliphatic carbocycles. The number of benzene rings is 2. The third-order valence-electron chi connectivity index (χ3n) is 4.36. The maximum Gasteiger partial charge on any atom is 0.416 e. The normalized spacial score (nSPS) is 12.0. The first kappa shape index (κ1) is 21.4. The fourth-order valence-corrected chi connectivity index (χ4v) is 4.28. The summed E-state index contributed by atoms with van der Waals surface area (Å²) < 4.78 is 68.9. The van der Waals surface area contributed by atoms with Crippen molar-refractivity contribution in [2.24, 2.45) is 0 Å². The molecule has 7 nitrogen and oxygen atoms in total. The highest BCUT2D eigenvalue weighted by molar-refractivity contribution is 7.92. The number of hydrogen-bond acceptors (Lipinski definition) is 4. The van der Waals surface area contributed by atoms with E-state index in [0.717, 1.165) is 18.2 Å². The van der Waals surface area contributed by atoms with Crippen LogP contribution in [0, 0.1) is 13.8 Å². The van der Waals surface area contributed by atoms with E-state index < -0.39 is 27.7 Å². The molecule has 0 amide bonds. The summed E-state index contributed by atoms with van der Waals surface area (Å²) in [6.45, 7) is 2.98. The number of aromatic nitrogens is 2. The molecule has 0 atom stereocenters. The average molecular weight is 439 g/mol. The highest BCUT2D eigenvalue weighted by Gasteiger charge is 2.32. The number of nitrogens with zero attached hydrogens (tertiary/aromatic N) is 2. The van der Waals surface area contributed by atoms with Crippen LogP contribution in [0.5, 0.6) is 0 Å². The Hall–Kier alpha value is -3.34. The molecule has 0 bridgehead atoms. The minimum atomic E-state index is -4.70. The Bertz CT molecular complexity index is 1220. The topological polar surface area (TPSA) is 101 Å². The summed E-state index contributed by atoms with van der Waals surface area (Å²) in [6, 6.07) is 6.47. The quantitative estimate of drug-likeness (QED) is 0.626. The van der Waals surface area contributed by atoms with E-state index in [1.807, 2.05) is 0 Å². The molecule has 0 saturated heterocycles. The van der Waals surface area contributed by atoms with Crippen molar-refractivity contribution in [3.05, 3.63) is 71.0 Å². The van der Waals surface area contributed by atoms with Crippen LogP contribution in [-0.4, -0.2) is 29.3 Å². The van der Waals surface area contributed by atoms with Crippen LogP contribution in [0.1, 0.15) is 27.0 Å². The first-order valence-electron chi connectivity index (χ1n) is 8.49. The fraction of sp³-hybridized carbons (Fsp3) is 0.158. The van der Waals surface area contributed by atoms with Crippen LogP contribution in [0.15, 0.2) is 53.7 Å². The molecule has 30 heavy (non-hydrogen) atoms. The van der Waals surface area contributed by atoms with Gasteiger partial charge in [0, 0.05) is 12.4 Å². The SMILES string of the molecule is Cc1cc(C)c(S(=O)(=O)Nc2cc(C(F)(F)F)ccc2-n2cccn2)cc1C(=O)O. The van der Waals surface area contributed by atoms with Gasteiger partial charge in [0.15, 0.2) is 0 Å². The first-order chi connectivity index (χ1) is 13.9. The van der Waals surface area contributed by atoms with Crippen molar-refractivity contribution >= 4 is 21.7 Å². The summed E-state index contributed by atoms with van der Waals surface area (Å²) >= 11 is 0. The molecule has 0 radical (unpaired) electrons. The number of anilines is 1. The van der Waals surface area contributed by atoms with Crippen LogP contribution in [-0.2, 0) is 16.2 Å². The number of aryl methyl sites for hydroxylation is 2. The minimum absolute atomic E-state index is 0.0693. The second-order valence-corrected chi connectivity index (χ2v) is 8.17. The number of alkyl halides is 3. The Morgan fingerprint density at radius 3 is 2.40 bits per heavy atom. The molecule has 1 aromatic heterocycles. The maximum atomic E-state index is 13.2. The predicted molar refractivity (Wildman–Crippen MR) is 102 cm³/mol. The van der Waals surface area contributed by atoms with Crippen molar-refractivity contribution in [1.29, 1.82) is 0 Å². The number of nitrogens with one attached hydrogen (secondary N) is 1. The number of aromatic carboxylic acids is 1. The third-order valence-corrected chi connectivity index (χ3v) is 5.87. The van der Waals surface area contributed by atoms with Gasteiger partial charge in [-0.1, -0.05) is 6.07 Å². The monoisotopic (exact) mass is 439 g/mol. The number of carboxylic acid groups (broad SMARTS) is 1. The van der Waals surface area contributed by atoms with Crippen molar-refractivity contribution in [2.45, 2.75) is 24.9 Å². The number of halogens is 3. The molecule has 3 rings (SSSR count).